The van der Waals surface area contributed by atoms with E-state index in [0.717, 1.165) is 18.4 Å². The number of nitrogens with one attached hydrogen (secondary N) is 1. The minimum Gasteiger partial charge on any atom is -0.487 e. The lowest BCUT2D eigenvalue weighted by atomic mass is 9.77. The molecule has 3 aromatic rings. The van der Waals surface area contributed by atoms with Gasteiger partial charge in [0.2, 0.25) is 0 Å². The number of benzene rings is 3. The molecule has 0 unspecified atom stereocenters. The van der Waals surface area contributed by atoms with E-state index in [2.05, 4.69) is 11.4 Å². The summed E-state index contributed by atoms with van der Waals surface area (Å²) in [5, 5.41) is 25.3. The van der Waals surface area contributed by atoms with Crippen molar-refractivity contribution in [2.75, 3.05) is 11.9 Å². The molecule has 1 spiro atoms. The van der Waals surface area contributed by atoms with Gasteiger partial charge in [-0.25, -0.2) is 0 Å². The number of anilines is 1. The Balaban J connectivity index is 1.37. The summed E-state index contributed by atoms with van der Waals surface area (Å²) in [6, 6.07) is 20.5. The van der Waals surface area contributed by atoms with Crippen molar-refractivity contribution in [3.8, 4) is 11.8 Å². The van der Waals surface area contributed by atoms with Crippen LogP contribution in [0.4, 0.5) is 5.69 Å². The number of nitrogens with zero attached hydrogens (tertiary/aromatic N) is 3. The number of ether oxygens (including phenoxy) is 1. The second-order valence-electron chi connectivity index (χ2n) is 9.67. The molecule has 1 N–H and O–H groups in total. The van der Waals surface area contributed by atoms with E-state index in [1.165, 1.54) is 0 Å². The summed E-state index contributed by atoms with van der Waals surface area (Å²) < 4.78 is 5.91. The van der Waals surface area contributed by atoms with Gasteiger partial charge in [-0.2, -0.15) is 5.26 Å². The fourth-order valence-corrected chi connectivity index (χ4v) is 6.77. The summed E-state index contributed by atoms with van der Waals surface area (Å²) in [5.41, 5.74) is 1.90. The molecular formula is C28H23ClN4O4. The number of fused-ring (bicyclic) bond motifs is 4. The maximum absolute atomic E-state index is 13.6. The molecule has 186 valence electrons. The van der Waals surface area contributed by atoms with Crippen molar-refractivity contribution in [1.82, 2.24) is 4.90 Å². The molecule has 1 amide bonds. The molecule has 4 atom stereocenters. The number of nitriles is 1. The maximum Gasteiger partial charge on any atom is 0.256 e. The van der Waals surface area contributed by atoms with Crippen molar-refractivity contribution in [2.45, 2.75) is 43.0 Å². The molecule has 9 heteroatoms. The van der Waals surface area contributed by atoms with Gasteiger partial charge in [-0.15, -0.1) is 0 Å². The van der Waals surface area contributed by atoms with Crippen molar-refractivity contribution >= 4 is 23.2 Å². The summed E-state index contributed by atoms with van der Waals surface area (Å²) in [6.07, 6.45) is 1.61. The number of halogens is 1. The van der Waals surface area contributed by atoms with E-state index >= 15 is 0 Å². The average Bonchev–Trinajstić information content (AvgIpc) is 3.56. The lowest BCUT2D eigenvalue weighted by Gasteiger charge is -2.32. The Morgan fingerprint density at radius 2 is 1.97 bits per heavy atom. The van der Waals surface area contributed by atoms with Crippen LogP contribution in [0, 0.1) is 21.4 Å². The van der Waals surface area contributed by atoms with Crippen molar-refractivity contribution in [3.63, 3.8) is 0 Å². The zero-order valence-corrected chi connectivity index (χ0v) is 20.5. The summed E-state index contributed by atoms with van der Waals surface area (Å²) in [6.45, 7) is 0.778. The van der Waals surface area contributed by atoms with E-state index in [0.29, 0.717) is 39.7 Å². The first-order valence-electron chi connectivity index (χ1n) is 12.2. The smallest absolute Gasteiger partial charge is 0.256 e. The molecule has 3 aromatic carbocycles. The Morgan fingerprint density at radius 1 is 1.19 bits per heavy atom. The standard InChI is InChI=1S/C28H23ClN4O4/c29-21-14-17(11-12-24(21)37-16-19-7-2-1-6-18(19)15-30)25-23-10-5-13-32(23)28(26(25)33(35)36)20-8-3-4-9-22(20)31-27(28)34/h1-4,6-9,11-12,14,23,25-26H,5,10,13,16H2,(H,31,34)/t23-,25+,26+,28-/m0/s1. The van der Waals surface area contributed by atoms with Gasteiger partial charge in [0.15, 0.2) is 5.54 Å². The number of carbonyl (C=O) groups is 1. The molecule has 0 radical (unpaired) electrons. The first-order chi connectivity index (χ1) is 18.0. The highest BCUT2D eigenvalue weighted by atomic mass is 35.5. The van der Waals surface area contributed by atoms with Crippen LogP contribution in [-0.2, 0) is 16.9 Å². The van der Waals surface area contributed by atoms with Gasteiger partial charge in [0.05, 0.1) is 22.6 Å². The first kappa shape index (κ1) is 23.5. The third kappa shape index (κ3) is 3.42. The van der Waals surface area contributed by atoms with Crippen molar-refractivity contribution in [2.24, 2.45) is 0 Å². The zero-order valence-electron chi connectivity index (χ0n) is 19.8. The minimum atomic E-state index is -1.37. The van der Waals surface area contributed by atoms with Gasteiger partial charge in [-0.3, -0.25) is 19.8 Å². The van der Waals surface area contributed by atoms with Crippen LogP contribution in [-0.4, -0.2) is 34.4 Å². The quantitative estimate of drug-likeness (QED) is 0.385. The van der Waals surface area contributed by atoms with Crippen LogP contribution in [0.1, 0.15) is 41.0 Å². The third-order valence-electron chi connectivity index (χ3n) is 7.96. The average molecular weight is 515 g/mol. The molecule has 0 saturated carbocycles. The lowest BCUT2D eigenvalue weighted by molar-refractivity contribution is -0.534. The first-order valence-corrected chi connectivity index (χ1v) is 12.6. The molecular weight excluding hydrogens is 492 g/mol. The number of rotatable bonds is 5. The van der Waals surface area contributed by atoms with Crippen LogP contribution in [0.25, 0.3) is 0 Å². The molecule has 3 heterocycles. The minimum absolute atomic E-state index is 0.167. The summed E-state index contributed by atoms with van der Waals surface area (Å²) >= 11 is 6.63. The van der Waals surface area contributed by atoms with Gasteiger partial charge in [-0.1, -0.05) is 54.1 Å². The van der Waals surface area contributed by atoms with Gasteiger partial charge in [0.25, 0.3) is 11.9 Å². The number of nitro groups is 1. The van der Waals surface area contributed by atoms with Gasteiger partial charge < -0.3 is 10.1 Å². The predicted octanol–water partition coefficient (Wildman–Crippen LogP) is 4.85. The number of amides is 1. The van der Waals surface area contributed by atoms with E-state index in [9.17, 15) is 20.2 Å². The van der Waals surface area contributed by atoms with Crippen LogP contribution < -0.4 is 10.1 Å². The highest BCUT2D eigenvalue weighted by Crippen LogP contribution is 2.58. The molecule has 3 aliphatic rings. The predicted molar refractivity (Wildman–Crippen MR) is 137 cm³/mol. The molecule has 0 bridgehead atoms. The highest BCUT2D eigenvalue weighted by Gasteiger charge is 2.73. The Kier molecular flexibility index (Phi) is 5.63. The Labute approximate surface area is 218 Å². The SMILES string of the molecule is N#Cc1ccccc1COc1ccc([C@@H]2[C@@H]3CCCN3[C@]3(C(=O)Nc4ccccc43)[C@@H]2[N+](=O)[O-])cc1Cl. The van der Waals surface area contributed by atoms with E-state index in [1.54, 1.807) is 30.3 Å². The number of hydrogen-bond acceptors (Lipinski definition) is 6. The molecule has 0 aromatic heterocycles. The monoisotopic (exact) mass is 514 g/mol. The molecule has 2 saturated heterocycles. The second-order valence-corrected chi connectivity index (χ2v) is 10.1. The summed E-state index contributed by atoms with van der Waals surface area (Å²) in [5.74, 6) is -0.442. The maximum atomic E-state index is 13.6. The Bertz CT molecular complexity index is 1470. The fourth-order valence-electron chi connectivity index (χ4n) is 6.53. The van der Waals surface area contributed by atoms with Crippen molar-refractivity contribution in [1.29, 1.82) is 5.26 Å². The molecule has 0 aliphatic carbocycles. The Morgan fingerprint density at radius 3 is 2.76 bits per heavy atom. The Hall–Kier alpha value is -3.93. The topological polar surface area (TPSA) is 108 Å². The van der Waals surface area contributed by atoms with E-state index < -0.39 is 17.5 Å². The van der Waals surface area contributed by atoms with Gasteiger partial charge >= 0.3 is 0 Å². The van der Waals surface area contributed by atoms with Crippen LogP contribution in [0.5, 0.6) is 5.75 Å². The number of hydrogen-bond donors (Lipinski definition) is 1. The molecule has 6 rings (SSSR count). The van der Waals surface area contributed by atoms with Crippen LogP contribution in [0.15, 0.2) is 66.7 Å². The molecule has 3 aliphatic heterocycles. The van der Waals surface area contributed by atoms with E-state index in [1.807, 2.05) is 41.3 Å². The van der Waals surface area contributed by atoms with Crippen LogP contribution in [0.2, 0.25) is 5.02 Å². The number of para-hydroxylation sites is 1. The normalized spacial score (nSPS) is 25.9. The van der Waals surface area contributed by atoms with Crippen LogP contribution in [0.3, 0.4) is 0 Å². The molecule has 8 nitrogen and oxygen atoms in total. The van der Waals surface area contributed by atoms with Crippen molar-refractivity contribution in [3.05, 3.63) is 104 Å². The fraction of sp³-hybridized carbons (Fsp3) is 0.286. The second kappa shape index (κ2) is 8.87. The van der Waals surface area contributed by atoms with Gasteiger partial charge in [0, 0.05) is 34.3 Å². The van der Waals surface area contributed by atoms with E-state index in [4.69, 9.17) is 16.3 Å². The van der Waals surface area contributed by atoms with Crippen LogP contribution >= 0.6 is 11.6 Å². The van der Waals surface area contributed by atoms with E-state index in [-0.39, 0.29) is 23.5 Å². The largest absolute Gasteiger partial charge is 0.487 e. The van der Waals surface area contributed by atoms with Crippen molar-refractivity contribution < 1.29 is 14.5 Å². The highest BCUT2D eigenvalue weighted by molar-refractivity contribution is 6.32. The molecule has 2 fully saturated rings. The van der Waals surface area contributed by atoms with Gasteiger partial charge in [-0.05, 0) is 42.7 Å². The number of carbonyl (C=O) groups excluding carboxylic acids is 1. The molecule has 37 heavy (non-hydrogen) atoms. The zero-order chi connectivity index (χ0) is 25.7. The lowest BCUT2D eigenvalue weighted by Crippen LogP contribution is -2.55. The summed E-state index contributed by atoms with van der Waals surface area (Å²) in [4.78, 5) is 28.0. The summed E-state index contributed by atoms with van der Waals surface area (Å²) in [7, 11) is 0. The van der Waals surface area contributed by atoms with Gasteiger partial charge in [0.1, 0.15) is 12.4 Å². The third-order valence-corrected chi connectivity index (χ3v) is 8.25.